The van der Waals surface area contributed by atoms with E-state index < -0.39 is 17.6 Å². The van der Waals surface area contributed by atoms with Crippen molar-refractivity contribution >= 4 is 22.9 Å². The molecule has 2 aliphatic carbocycles. The van der Waals surface area contributed by atoms with Crippen molar-refractivity contribution in [1.82, 2.24) is 29.4 Å². The summed E-state index contributed by atoms with van der Waals surface area (Å²) in [7, 11) is 0. The number of carbonyl (C=O) groups is 1. The molecule has 3 aromatic heterocycles. The molecule has 4 aromatic rings. The van der Waals surface area contributed by atoms with Crippen LogP contribution in [0, 0.1) is 17.1 Å². The van der Waals surface area contributed by atoms with E-state index in [4.69, 9.17) is 4.98 Å². The number of hydrogen-bond donors (Lipinski definition) is 1. The van der Waals surface area contributed by atoms with Crippen molar-refractivity contribution in [3.63, 3.8) is 0 Å². The first-order valence-corrected chi connectivity index (χ1v) is 14.1. The molecule has 3 aliphatic rings. The summed E-state index contributed by atoms with van der Waals surface area (Å²) in [5, 5.41) is 20.1. The zero-order valence-corrected chi connectivity index (χ0v) is 22.9. The van der Waals surface area contributed by atoms with Crippen LogP contribution in [0.5, 0.6) is 0 Å². The van der Waals surface area contributed by atoms with Crippen molar-refractivity contribution in [2.24, 2.45) is 0 Å². The Hall–Kier alpha value is -4.92. The minimum absolute atomic E-state index is 0.120. The van der Waals surface area contributed by atoms with Gasteiger partial charge < -0.3 is 14.9 Å². The van der Waals surface area contributed by atoms with Crippen LogP contribution < -0.4 is 10.6 Å². The number of fused-ring (bicyclic) bond motifs is 1. The Morgan fingerprint density at radius 2 is 1.76 bits per heavy atom. The smallest absolute Gasteiger partial charge is 0.407 e. The van der Waals surface area contributed by atoms with Crippen LogP contribution in [0.25, 0.3) is 28.0 Å². The molecule has 4 heterocycles. The molecule has 1 atom stereocenters. The highest BCUT2D eigenvalue weighted by Crippen LogP contribution is 2.47. The van der Waals surface area contributed by atoms with E-state index >= 15 is 4.39 Å². The fourth-order valence-electron chi connectivity index (χ4n) is 5.89. The Morgan fingerprint density at radius 1 is 1.07 bits per heavy atom. The maximum atomic E-state index is 15.1. The summed E-state index contributed by atoms with van der Waals surface area (Å²) in [6.45, 7) is 2.60. The molecule has 1 aliphatic heterocycles. The molecular formula is C30H27FN8O3. The summed E-state index contributed by atoms with van der Waals surface area (Å²) in [5.74, 6) is 0.153. The summed E-state index contributed by atoms with van der Waals surface area (Å²) in [6, 6.07) is 9.55. The van der Waals surface area contributed by atoms with Gasteiger partial charge in [-0.05, 0) is 50.8 Å². The van der Waals surface area contributed by atoms with Crippen LogP contribution in [0.4, 0.5) is 15.0 Å². The van der Waals surface area contributed by atoms with Gasteiger partial charge in [0.15, 0.2) is 5.65 Å². The van der Waals surface area contributed by atoms with E-state index in [-0.39, 0.29) is 53.4 Å². The zero-order chi connectivity index (χ0) is 29.1. The maximum Gasteiger partial charge on any atom is 0.407 e. The Morgan fingerprint density at radius 3 is 2.36 bits per heavy atom. The van der Waals surface area contributed by atoms with Gasteiger partial charge in [0.2, 0.25) is 0 Å². The van der Waals surface area contributed by atoms with Crippen LogP contribution in [-0.4, -0.2) is 66.3 Å². The molecule has 42 heavy (non-hydrogen) atoms. The SMILES string of the molecule is C[C@H]1CN(C(=O)O)CCN1c1nc(=O)n(-c2c(C3CC3)ncnc2C2CC2)c2nc(-c3ccccc3F)c(C#N)cc12. The van der Waals surface area contributed by atoms with Gasteiger partial charge in [0.25, 0.3) is 0 Å². The molecule has 2 saturated carbocycles. The number of nitriles is 1. The first-order chi connectivity index (χ1) is 20.4. The molecule has 1 amide bonds. The number of amides is 1. The summed E-state index contributed by atoms with van der Waals surface area (Å²) in [5.41, 5.74) is 2.16. The van der Waals surface area contributed by atoms with Crippen LogP contribution in [0.3, 0.4) is 0 Å². The molecule has 1 N–H and O–H groups in total. The summed E-state index contributed by atoms with van der Waals surface area (Å²) >= 11 is 0. The molecule has 12 heteroatoms. The third-order valence-electron chi connectivity index (χ3n) is 8.30. The van der Waals surface area contributed by atoms with Crippen molar-refractivity contribution in [1.29, 1.82) is 5.26 Å². The molecule has 212 valence electrons. The number of nitrogens with zero attached hydrogens (tertiary/aromatic N) is 8. The van der Waals surface area contributed by atoms with Crippen molar-refractivity contribution in [2.75, 3.05) is 24.5 Å². The molecule has 1 saturated heterocycles. The highest BCUT2D eigenvalue weighted by Gasteiger charge is 2.37. The highest BCUT2D eigenvalue weighted by molar-refractivity contribution is 5.92. The minimum atomic E-state index is -1.01. The second-order valence-electron chi connectivity index (χ2n) is 11.2. The van der Waals surface area contributed by atoms with Gasteiger partial charge in [-0.1, -0.05) is 12.1 Å². The molecule has 7 rings (SSSR count). The number of carboxylic acid groups (broad SMARTS) is 1. The lowest BCUT2D eigenvalue weighted by Gasteiger charge is -2.39. The van der Waals surface area contributed by atoms with Crippen LogP contribution in [0.1, 0.15) is 61.4 Å². The number of anilines is 1. The average Bonchev–Trinajstić information content (AvgIpc) is 3.90. The van der Waals surface area contributed by atoms with E-state index in [0.29, 0.717) is 23.4 Å². The lowest BCUT2D eigenvalue weighted by Crippen LogP contribution is -2.54. The van der Waals surface area contributed by atoms with Crippen molar-refractivity contribution in [2.45, 2.75) is 50.5 Å². The third kappa shape index (κ3) is 4.32. The minimum Gasteiger partial charge on any atom is -0.465 e. The van der Waals surface area contributed by atoms with Gasteiger partial charge in [-0.2, -0.15) is 10.2 Å². The fraction of sp³-hybridized carbons (Fsp3) is 0.367. The second kappa shape index (κ2) is 9.87. The predicted molar refractivity (Wildman–Crippen MR) is 151 cm³/mol. The lowest BCUT2D eigenvalue weighted by atomic mass is 10.0. The van der Waals surface area contributed by atoms with E-state index in [1.165, 1.54) is 15.5 Å². The summed E-state index contributed by atoms with van der Waals surface area (Å²) < 4.78 is 16.5. The van der Waals surface area contributed by atoms with Crippen LogP contribution in [-0.2, 0) is 0 Å². The first kappa shape index (κ1) is 26.0. The Balaban J connectivity index is 1.53. The van der Waals surface area contributed by atoms with E-state index in [1.54, 1.807) is 30.6 Å². The topological polar surface area (TPSA) is 141 Å². The monoisotopic (exact) mass is 566 g/mol. The molecule has 11 nitrogen and oxygen atoms in total. The van der Waals surface area contributed by atoms with Gasteiger partial charge >= 0.3 is 11.8 Å². The molecule has 1 aromatic carbocycles. The molecule has 0 bridgehead atoms. The molecule has 0 spiro atoms. The third-order valence-corrected chi connectivity index (χ3v) is 8.30. The number of pyridine rings is 1. The number of benzene rings is 1. The van der Waals surface area contributed by atoms with Crippen molar-refractivity contribution < 1.29 is 14.3 Å². The van der Waals surface area contributed by atoms with E-state index in [9.17, 15) is 20.0 Å². The van der Waals surface area contributed by atoms with Gasteiger partial charge in [0.05, 0.1) is 33.7 Å². The number of piperazine rings is 1. The first-order valence-electron chi connectivity index (χ1n) is 14.1. The Kier molecular flexibility index (Phi) is 6.11. The summed E-state index contributed by atoms with van der Waals surface area (Å²) in [6.07, 6.45) is 4.33. The van der Waals surface area contributed by atoms with Gasteiger partial charge in [0.1, 0.15) is 24.0 Å². The van der Waals surface area contributed by atoms with Gasteiger partial charge in [-0.15, -0.1) is 0 Å². The van der Waals surface area contributed by atoms with E-state index in [0.717, 1.165) is 37.1 Å². The lowest BCUT2D eigenvalue weighted by molar-refractivity contribution is 0.136. The molecule has 3 fully saturated rings. The van der Waals surface area contributed by atoms with Gasteiger partial charge in [-0.3, -0.25) is 0 Å². The number of halogens is 1. The quantitative estimate of drug-likeness (QED) is 0.376. The molecule has 0 unspecified atom stereocenters. The Labute approximate surface area is 239 Å². The normalized spacial score (nSPS) is 18.7. The fourth-order valence-corrected chi connectivity index (χ4v) is 5.89. The number of hydrogen-bond acceptors (Lipinski definition) is 8. The average molecular weight is 567 g/mol. The van der Waals surface area contributed by atoms with Crippen LogP contribution >= 0.6 is 0 Å². The molecular weight excluding hydrogens is 539 g/mol. The summed E-state index contributed by atoms with van der Waals surface area (Å²) in [4.78, 5) is 47.6. The van der Waals surface area contributed by atoms with E-state index in [2.05, 4.69) is 21.0 Å². The maximum absolute atomic E-state index is 15.1. The van der Waals surface area contributed by atoms with Gasteiger partial charge in [0, 0.05) is 43.1 Å². The second-order valence-corrected chi connectivity index (χ2v) is 11.2. The zero-order valence-electron chi connectivity index (χ0n) is 22.9. The Bertz CT molecular complexity index is 1830. The largest absolute Gasteiger partial charge is 0.465 e. The molecule has 0 radical (unpaired) electrons. The number of aromatic nitrogens is 5. The van der Waals surface area contributed by atoms with Gasteiger partial charge in [-0.25, -0.2) is 33.5 Å². The van der Waals surface area contributed by atoms with Crippen LogP contribution in [0.15, 0.2) is 41.5 Å². The van der Waals surface area contributed by atoms with E-state index in [1.807, 2.05) is 11.8 Å². The van der Waals surface area contributed by atoms with Crippen LogP contribution in [0.2, 0.25) is 0 Å². The standard InChI is InChI=1S/C30H27FN8O3/c1-16-14-37(30(41)42)10-11-38(16)27-21-12-19(13-32)23(20-4-2-3-5-22(20)31)35-28(21)39(29(40)36-27)26-24(17-6-7-17)33-15-34-25(26)18-8-9-18/h2-5,12,15-18H,6-11,14H2,1H3,(H,41,42)/t16-/m0/s1. The predicted octanol–water partition coefficient (Wildman–Crippen LogP) is 4.19. The van der Waals surface area contributed by atoms with Crippen molar-refractivity contribution in [3.8, 4) is 23.0 Å². The highest BCUT2D eigenvalue weighted by atomic mass is 19.1. The number of rotatable bonds is 5. The van der Waals surface area contributed by atoms with Crippen molar-refractivity contribution in [3.05, 3.63) is 69.9 Å².